The summed E-state index contributed by atoms with van der Waals surface area (Å²) in [7, 11) is -2.26. The van der Waals surface area contributed by atoms with E-state index in [4.69, 9.17) is 18.6 Å². The summed E-state index contributed by atoms with van der Waals surface area (Å²) < 4.78 is 62.2. The van der Waals surface area contributed by atoms with Crippen molar-refractivity contribution in [3.8, 4) is 11.3 Å². The lowest BCUT2D eigenvalue weighted by Gasteiger charge is -2.33. The molecule has 1 fully saturated rings. The molecule has 0 aliphatic carbocycles. The number of ether oxygens (including phenoxy) is 3. The van der Waals surface area contributed by atoms with Crippen molar-refractivity contribution in [1.82, 2.24) is 9.97 Å². The molecule has 0 N–H and O–H groups in total. The van der Waals surface area contributed by atoms with Gasteiger partial charge in [0.25, 0.3) is 0 Å². The van der Waals surface area contributed by atoms with Gasteiger partial charge in [0.2, 0.25) is 22.3 Å². The Bertz CT molecular complexity index is 1470. The summed E-state index contributed by atoms with van der Waals surface area (Å²) in [5, 5.41) is 0. The Balaban J connectivity index is 1.76. The summed E-state index contributed by atoms with van der Waals surface area (Å²) in [6, 6.07) is 9.24. The van der Waals surface area contributed by atoms with Crippen LogP contribution in [-0.2, 0) is 29.0 Å². The van der Waals surface area contributed by atoms with E-state index >= 15 is 0 Å². The number of carbonyl (C=O) groups is 1. The quantitative estimate of drug-likeness (QED) is 0.293. The number of anilines is 1. The van der Waals surface area contributed by atoms with Gasteiger partial charge in [0.05, 0.1) is 49.1 Å². The molecule has 1 aliphatic rings. The molecule has 3 atom stereocenters. The van der Waals surface area contributed by atoms with Crippen LogP contribution >= 0.6 is 0 Å². The molecule has 3 heterocycles. The number of sulfonamides is 1. The van der Waals surface area contributed by atoms with Gasteiger partial charge >= 0.3 is 5.97 Å². The topological polar surface area (TPSA) is 121 Å². The van der Waals surface area contributed by atoms with Crippen molar-refractivity contribution in [1.29, 1.82) is 0 Å². The number of aromatic nitrogens is 2. The number of carbonyl (C=O) groups excluding carboxylic acids is 1. The lowest BCUT2D eigenvalue weighted by Crippen LogP contribution is -2.34. The predicted octanol–water partition coefficient (Wildman–Crippen LogP) is 5.23. The maximum absolute atomic E-state index is 13.8. The Hall–Kier alpha value is -3.61. The van der Waals surface area contributed by atoms with Gasteiger partial charge < -0.3 is 18.6 Å². The van der Waals surface area contributed by atoms with E-state index in [0.717, 1.165) is 10.6 Å². The van der Waals surface area contributed by atoms with E-state index in [1.807, 2.05) is 26.0 Å². The zero-order valence-electron chi connectivity index (χ0n) is 23.6. The second-order valence-corrected chi connectivity index (χ2v) is 12.0. The molecule has 0 unspecified atom stereocenters. The minimum atomic E-state index is -3.64. The average molecular weight is 588 g/mol. The molecule has 0 saturated carbocycles. The zero-order valence-corrected chi connectivity index (χ0v) is 24.4. The lowest BCUT2D eigenvalue weighted by molar-refractivity contribution is -0.245. The summed E-state index contributed by atoms with van der Waals surface area (Å²) in [6.45, 7) is 5.88. The third kappa shape index (κ3) is 7.57. The molecule has 12 heteroatoms. The predicted molar refractivity (Wildman–Crippen MR) is 151 cm³/mol. The molecule has 220 valence electrons. The molecule has 4 rings (SSSR count). The van der Waals surface area contributed by atoms with Crippen molar-refractivity contribution in [3.05, 3.63) is 71.6 Å². The van der Waals surface area contributed by atoms with Crippen molar-refractivity contribution in [2.75, 3.05) is 24.2 Å². The molecular formula is C29H34FN3O7S. The molecule has 1 aromatic carbocycles. The minimum Gasteiger partial charge on any atom is -0.466 e. The summed E-state index contributed by atoms with van der Waals surface area (Å²) in [5.74, 6) is -0.443. The highest BCUT2D eigenvalue weighted by molar-refractivity contribution is 7.92. The molecule has 0 bridgehead atoms. The molecule has 2 aromatic heterocycles. The van der Waals surface area contributed by atoms with Crippen LogP contribution in [-0.4, -0.2) is 56.5 Å². The summed E-state index contributed by atoms with van der Waals surface area (Å²) >= 11 is 0. The fourth-order valence-electron chi connectivity index (χ4n) is 4.36. The van der Waals surface area contributed by atoms with Crippen molar-refractivity contribution < 1.29 is 36.2 Å². The molecule has 3 aromatic rings. The maximum atomic E-state index is 13.8. The van der Waals surface area contributed by atoms with Gasteiger partial charge in [0.15, 0.2) is 5.76 Å². The van der Waals surface area contributed by atoms with Crippen molar-refractivity contribution >= 4 is 28.0 Å². The Labute approximate surface area is 239 Å². The smallest absolute Gasteiger partial charge is 0.308 e. The summed E-state index contributed by atoms with van der Waals surface area (Å²) in [6.07, 6.45) is 4.82. The van der Waals surface area contributed by atoms with Gasteiger partial charge in [-0.25, -0.2) is 27.1 Å². The standard InChI is InChI=1S/C29H34FN3O7S/c1-6-37-25(34)17-22-16-21(39-28(40-22)24-8-7-15-38-24)13-14-23-26(18(2)3)31-29(33(4)41(5,35)36)32-27(23)19-9-11-20(30)12-10-19/h7-15,18,21-22,28H,6,16-17H2,1-5H3/t21-,22-,28+/m1/s1. The van der Waals surface area contributed by atoms with Crippen LogP contribution in [0.5, 0.6) is 0 Å². The second-order valence-electron chi connectivity index (χ2n) is 9.95. The third-order valence-corrected chi connectivity index (χ3v) is 7.63. The Morgan fingerprint density at radius 1 is 1.20 bits per heavy atom. The van der Waals surface area contributed by atoms with Crippen LogP contribution in [0.1, 0.15) is 62.8 Å². The zero-order chi connectivity index (χ0) is 29.7. The van der Waals surface area contributed by atoms with Crippen LogP contribution in [0.3, 0.4) is 0 Å². The van der Waals surface area contributed by atoms with E-state index in [1.165, 1.54) is 25.4 Å². The summed E-state index contributed by atoms with van der Waals surface area (Å²) in [4.78, 5) is 21.4. The highest BCUT2D eigenvalue weighted by atomic mass is 32.2. The Morgan fingerprint density at radius 3 is 2.54 bits per heavy atom. The van der Waals surface area contributed by atoms with Crippen LogP contribution in [0.2, 0.25) is 0 Å². The maximum Gasteiger partial charge on any atom is 0.308 e. The molecule has 41 heavy (non-hydrogen) atoms. The molecular weight excluding hydrogens is 553 g/mol. The third-order valence-electron chi connectivity index (χ3n) is 6.47. The highest BCUT2D eigenvalue weighted by Crippen LogP contribution is 2.35. The molecule has 0 spiro atoms. The first-order valence-corrected chi connectivity index (χ1v) is 15.1. The van der Waals surface area contributed by atoms with Crippen molar-refractivity contribution in [2.45, 2.75) is 58.0 Å². The number of nitrogens with zero attached hydrogens (tertiary/aromatic N) is 3. The number of benzene rings is 1. The number of esters is 1. The van der Waals surface area contributed by atoms with Crippen LogP contribution in [0.4, 0.5) is 10.3 Å². The van der Waals surface area contributed by atoms with Gasteiger partial charge in [-0.05, 0) is 49.2 Å². The second kappa shape index (κ2) is 12.9. The first-order chi connectivity index (χ1) is 19.5. The number of rotatable bonds is 10. The van der Waals surface area contributed by atoms with E-state index in [0.29, 0.717) is 34.7 Å². The van der Waals surface area contributed by atoms with Gasteiger partial charge in [-0.15, -0.1) is 0 Å². The van der Waals surface area contributed by atoms with E-state index in [9.17, 15) is 17.6 Å². The number of halogens is 1. The van der Waals surface area contributed by atoms with Gasteiger partial charge in [0.1, 0.15) is 5.82 Å². The fourth-order valence-corrected chi connectivity index (χ4v) is 4.73. The van der Waals surface area contributed by atoms with E-state index in [2.05, 4.69) is 9.97 Å². The average Bonchev–Trinajstić information content (AvgIpc) is 3.46. The van der Waals surface area contributed by atoms with Crippen LogP contribution in [0.15, 0.2) is 53.2 Å². The fraction of sp³-hybridized carbons (Fsp3) is 0.414. The lowest BCUT2D eigenvalue weighted by atomic mass is 9.97. The Kier molecular flexibility index (Phi) is 9.57. The van der Waals surface area contributed by atoms with Gasteiger partial charge in [-0.2, -0.15) is 0 Å². The van der Waals surface area contributed by atoms with Crippen LogP contribution in [0, 0.1) is 5.82 Å². The first kappa shape index (κ1) is 30.4. The van der Waals surface area contributed by atoms with Gasteiger partial charge in [0, 0.05) is 24.6 Å². The SMILES string of the molecule is CCOC(=O)C[C@H]1C[C@@H](C=Cc2c(-c3ccc(F)cc3)nc(N(C)S(C)(=O)=O)nc2C(C)C)O[C@H](c2ccco2)O1. The van der Waals surface area contributed by atoms with E-state index in [-0.39, 0.29) is 30.9 Å². The highest BCUT2D eigenvalue weighted by Gasteiger charge is 2.33. The van der Waals surface area contributed by atoms with Crippen LogP contribution in [0.25, 0.3) is 17.3 Å². The number of furan rings is 1. The monoisotopic (exact) mass is 587 g/mol. The van der Waals surface area contributed by atoms with Gasteiger partial charge in [-0.3, -0.25) is 4.79 Å². The molecule has 1 aliphatic heterocycles. The molecule has 10 nitrogen and oxygen atoms in total. The largest absolute Gasteiger partial charge is 0.466 e. The van der Waals surface area contributed by atoms with E-state index < -0.39 is 34.3 Å². The van der Waals surface area contributed by atoms with Crippen LogP contribution < -0.4 is 4.31 Å². The minimum absolute atomic E-state index is 0.00220. The summed E-state index contributed by atoms with van der Waals surface area (Å²) in [5.41, 5.74) is 2.24. The molecule has 0 amide bonds. The molecule has 0 radical (unpaired) electrons. The number of hydrogen-bond acceptors (Lipinski definition) is 9. The normalized spacial score (nSPS) is 19.5. The van der Waals surface area contributed by atoms with E-state index in [1.54, 1.807) is 31.2 Å². The van der Waals surface area contributed by atoms with Crippen molar-refractivity contribution in [2.24, 2.45) is 0 Å². The van der Waals surface area contributed by atoms with Gasteiger partial charge in [-0.1, -0.05) is 26.0 Å². The number of hydrogen-bond donors (Lipinski definition) is 0. The Morgan fingerprint density at radius 2 is 1.93 bits per heavy atom. The molecule has 1 saturated heterocycles. The first-order valence-electron chi connectivity index (χ1n) is 13.3. The van der Waals surface area contributed by atoms with Crippen molar-refractivity contribution in [3.63, 3.8) is 0 Å².